The van der Waals surface area contributed by atoms with Gasteiger partial charge in [0.15, 0.2) is 0 Å². The Morgan fingerprint density at radius 2 is 2.22 bits per heavy atom. The number of imide groups is 1. The van der Waals surface area contributed by atoms with E-state index >= 15 is 0 Å². The summed E-state index contributed by atoms with van der Waals surface area (Å²) in [7, 11) is 0. The number of carbonyl (C=O) groups is 3. The molecule has 2 atom stereocenters. The van der Waals surface area contributed by atoms with Gasteiger partial charge in [-0.2, -0.15) is 0 Å². The zero-order valence-electron chi connectivity index (χ0n) is 10.7. The summed E-state index contributed by atoms with van der Waals surface area (Å²) >= 11 is 0. The fourth-order valence-electron chi connectivity index (χ4n) is 1.73. The summed E-state index contributed by atoms with van der Waals surface area (Å²) in [6.45, 7) is 4.51. The van der Waals surface area contributed by atoms with Crippen LogP contribution in [0.5, 0.6) is 0 Å². The molecule has 1 aliphatic rings. The smallest absolute Gasteiger partial charge is 0.321 e. The van der Waals surface area contributed by atoms with Crippen LogP contribution in [0.1, 0.15) is 26.7 Å². The second-order valence-corrected chi connectivity index (χ2v) is 4.22. The van der Waals surface area contributed by atoms with Crippen molar-refractivity contribution in [1.29, 1.82) is 0 Å². The summed E-state index contributed by atoms with van der Waals surface area (Å²) in [6.07, 6.45) is 1.58. The van der Waals surface area contributed by atoms with Crippen molar-refractivity contribution in [3.8, 4) is 0 Å². The van der Waals surface area contributed by atoms with Crippen LogP contribution in [-0.2, 0) is 9.59 Å². The molecule has 0 bridgehead atoms. The SMILES string of the molecule is CCNC(=O)NC(=O)C(C)NC1CCCNC1=O. The number of carbonyl (C=O) groups excluding carboxylic acids is 3. The Morgan fingerprint density at radius 1 is 1.50 bits per heavy atom. The van der Waals surface area contributed by atoms with Gasteiger partial charge in [-0.15, -0.1) is 0 Å². The quantitative estimate of drug-likeness (QED) is 0.523. The van der Waals surface area contributed by atoms with Crippen molar-refractivity contribution in [2.45, 2.75) is 38.8 Å². The highest BCUT2D eigenvalue weighted by Crippen LogP contribution is 2.03. The number of hydrogen-bond donors (Lipinski definition) is 4. The van der Waals surface area contributed by atoms with E-state index in [9.17, 15) is 14.4 Å². The Hall–Kier alpha value is -1.63. The third-order valence-corrected chi connectivity index (χ3v) is 2.70. The highest BCUT2D eigenvalue weighted by Gasteiger charge is 2.26. The van der Waals surface area contributed by atoms with Crippen LogP contribution in [0.3, 0.4) is 0 Å². The standard InChI is InChI=1S/C11H20N4O3/c1-3-12-11(18)15-9(16)7(2)14-8-5-4-6-13-10(8)17/h7-8,14H,3-6H2,1-2H3,(H,13,17)(H2,12,15,16,18). The molecule has 2 unspecified atom stereocenters. The minimum absolute atomic E-state index is 0.0982. The summed E-state index contributed by atoms with van der Waals surface area (Å²) < 4.78 is 0. The number of urea groups is 1. The van der Waals surface area contributed by atoms with Crippen LogP contribution < -0.4 is 21.3 Å². The molecule has 0 radical (unpaired) electrons. The molecule has 1 fully saturated rings. The molecule has 1 aliphatic heterocycles. The summed E-state index contributed by atoms with van der Waals surface area (Å²) in [5.41, 5.74) is 0. The molecule has 7 nitrogen and oxygen atoms in total. The molecule has 18 heavy (non-hydrogen) atoms. The molecule has 0 aromatic carbocycles. The maximum absolute atomic E-state index is 11.6. The zero-order valence-corrected chi connectivity index (χ0v) is 10.7. The number of rotatable bonds is 4. The minimum Gasteiger partial charge on any atom is -0.355 e. The molecule has 4 N–H and O–H groups in total. The Morgan fingerprint density at radius 3 is 2.83 bits per heavy atom. The first-order chi connectivity index (χ1) is 8.54. The van der Waals surface area contributed by atoms with Gasteiger partial charge in [0.25, 0.3) is 0 Å². The van der Waals surface area contributed by atoms with Gasteiger partial charge in [0.2, 0.25) is 11.8 Å². The van der Waals surface area contributed by atoms with Gasteiger partial charge >= 0.3 is 6.03 Å². The summed E-state index contributed by atoms with van der Waals surface area (Å²) in [6, 6.07) is -1.49. The third kappa shape index (κ3) is 4.33. The van der Waals surface area contributed by atoms with Gasteiger partial charge in [0.1, 0.15) is 0 Å². The van der Waals surface area contributed by atoms with E-state index in [1.165, 1.54) is 0 Å². The van der Waals surface area contributed by atoms with Gasteiger partial charge in [-0.1, -0.05) is 0 Å². The lowest BCUT2D eigenvalue weighted by atomic mass is 10.1. The van der Waals surface area contributed by atoms with E-state index in [0.29, 0.717) is 19.5 Å². The highest BCUT2D eigenvalue weighted by atomic mass is 16.2. The third-order valence-electron chi connectivity index (χ3n) is 2.70. The van der Waals surface area contributed by atoms with Crippen LogP contribution in [0.2, 0.25) is 0 Å². The van der Waals surface area contributed by atoms with E-state index in [0.717, 1.165) is 6.42 Å². The van der Waals surface area contributed by atoms with Crippen LogP contribution in [0.15, 0.2) is 0 Å². The van der Waals surface area contributed by atoms with Gasteiger partial charge in [-0.05, 0) is 26.7 Å². The summed E-state index contributed by atoms with van der Waals surface area (Å²) in [5, 5.41) is 10.3. The van der Waals surface area contributed by atoms with Crippen molar-refractivity contribution in [2.75, 3.05) is 13.1 Å². The summed E-state index contributed by atoms with van der Waals surface area (Å²) in [5.74, 6) is -0.543. The predicted molar refractivity (Wildman–Crippen MR) is 65.8 cm³/mol. The molecule has 0 aliphatic carbocycles. The molecule has 1 rings (SSSR count). The second kappa shape index (κ2) is 6.95. The van der Waals surface area contributed by atoms with Crippen LogP contribution in [-0.4, -0.2) is 43.0 Å². The van der Waals surface area contributed by atoms with Crippen molar-refractivity contribution in [3.63, 3.8) is 0 Å². The van der Waals surface area contributed by atoms with Crippen LogP contribution in [0, 0.1) is 0 Å². The van der Waals surface area contributed by atoms with Gasteiger partial charge in [0, 0.05) is 13.1 Å². The number of hydrogen-bond acceptors (Lipinski definition) is 4. The van der Waals surface area contributed by atoms with E-state index in [-0.39, 0.29) is 11.9 Å². The largest absolute Gasteiger partial charge is 0.355 e. The maximum Gasteiger partial charge on any atom is 0.321 e. The second-order valence-electron chi connectivity index (χ2n) is 4.22. The van der Waals surface area contributed by atoms with E-state index < -0.39 is 18.0 Å². The van der Waals surface area contributed by atoms with Gasteiger partial charge in [0.05, 0.1) is 12.1 Å². The molecule has 0 aromatic heterocycles. The molecule has 4 amide bonds. The van der Waals surface area contributed by atoms with Crippen molar-refractivity contribution in [2.24, 2.45) is 0 Å². The summed E-state index contributed by atoms with van der Waals surface area (Å²) in [4.78, 5) is 34.3. The fourth-order valence-corrected chi connectivity index (χ4v) is 1.73. The average Bonchev–Trinajstić information content (AvgIpc) is 2.32. The predicted octanol–water partition coefficient (Wildman–Crippen LogP) is -0.911. The zero-order chi connectivity index (χ0) is 13.5. The van der Waals surface area contributed by atoms with Crippen molar-refractivity contribution < 1.29 is 14.4 Å². The average molecular weight is 256 g/mol. The lowest BCUT2D eigenvalue weighted by Crippen LogP contribution is -2.55. The Bertz CT molecular complexity index is 332. The van der Waals surface area contributed by atoms with E-state index in [2.05, 4.69) is 21.3 Å². The molecule has 1 saturated heterocycles. The van der Waals surface area contributed by atoms with Crippen LogP contribution in [0.25, 0.3) is 0 Å². The van der Waals surface area contributed by atoms with Gasteiger partial charge in [-0.3, -0.25) is 20.2 Å². The molecule has 7 heteroatoms. The molecule has 0 spiro atoms. The van der Waals surface area contributed by atoms with Crippen molar-refractivity contribution >= 4 is 17.8 Å². The molecule has 102 valence electrons. The van der Waals surface area contributed by atoms with Crippen molar-refractivity contribution in [1.82, 2.24) is 21.3 Å². The fraction of sp³-hybridized carbons (Fsp3) is 0.727. The Balaban J connectivity index is 2.39. The number of nitrogens with one attached hydrogen (secondary N) is 4. The molecular formula is C11H20N4O3. The van der Waals surface area contributed by atoms with E-state index in [1.54, 1.807) is 13.8 Å². The Kier molecular flexibility index (Phi) is 5.57. The number of piperidine rings is 1. The Labute approximate surface area is 106 Å². The maximum atomic E-state index is 11.6. The van der Waals surface area contributed by atoms with Gasteiger partial charge < -0.3 is 10.6 Å². The molecule has 0 aromatic rings. The topological polar surface area (TPSA) is 99.3 Å². The van der Waals surface area contributed by atoms with Gasteiger partial charge in [-0.25, -0.2) is 4.79 Å². The minimum atomic E-state index is -0.596. The van der Waals surface area contributed by atoms with Crippen molar-refractivity contribution in [3.05, 3.63) is 0 Å². The first-order valence-corrected chi connectivity index (χ1v) is 6.17. The van der Waals surface area contributed by atoms with E-state index in [1.807, 2.05) is 0 Å². The monoisotopic (exact) mass is 256 g/mol. The first kappa shape index (κ1) is 14.4. The first-order valence-electron chi connectivity index (χ1n) is 6.17. The molecule has 0 saturated carbocycles. The van der Waals surface area contributed by atoms with E-state index in [4.69, 9.17) is 0 Å². The highest BCUT2D eigenvalue weighted by molar-refractivity contribution is 5.97. The molecule has 1 heterocycles. The normalized spacial score (nSPS) is 20.8. The lowest BCUT2D eigenvalue weighted by Gasteiger charge is -2.25. The van der Waals surface area contributed by atoms with Crippen LogP contribution >= 0.6 is 0 Å². The molecular weight excluding hydrogens is 236 g/mol. The lowest BCUT2D eigenvalue weighted by molar-refractivity contribution is -0.126. The number of amides is 4. The van der Waals surface area contributed by atoms with Crippen LogP contribution in [0.4, 0.5) is 4.79 Å².